The van der Waals surface area contributed by atoms with E-state index in [4.69, 9.17) is 9.47 Å². The van der Waals surface area contributed by atoms with Crippen LogP contribution in [-0.4, -0.2) is 50.2 Å². The fourth-order valence-corrected chi connectivity index (χ4v) is 5.59. The lowest BCUT2D eigenvalue weighted by Crippen LogP contribution is -2.20. The van der Waals surface area contributed by atoms with Gasteiger partial charge in [0.25, 0.3) is 5.91 Å². The summed E-state index contributed by atoms with van der Waals surface area (Å²) in [5, 5.41) is 12.3. The third-order valence-corrected chi connectivity index (χ3v) is 7.82. The molecule has 0 bridgehead atoms. The van der Waals surface area contributed by atoms with Crippen molar-refractivity contribution in [3.63, 3.8) is 0 Å². The number of halogens is 2. The third-order valence-electron chi connectivity index (χ3n) is 7.82. The molecule has 2 aliphatic rings. The van der Waals surface area contributed by atoms with Gasteiger partial charge in [0.1, 0.15) is 23.7 Å². The first-order valence-electron chi connectivity index (χ1n) is 15.0. The molecule has 4 aromatic carbocycles. The van der Waals surface area contributed by atoms with Crippen LogP contribution in [-0.2, 0) is 4.79 Å². The SMILES string of the molecule is CC(=O)Nc1cccc(-c2cc(NC(=O)c3ccc(O[C@H]4CCNC4)c(-c4ccc(F)c(F)c4)c3)ccc2O[C@H]2CCNC2)c1. The maximum absolute atomic E-state index is 14.2. The van der Waals surface area contributed by atoms with Gasteiger partial charge in [-0.2, -0.15) is 0 Å². The lowest BCUT2D eigenvalue weighted by molar-refractivity contribution is -0.114. The Balaban J connectivity index is 1.31. The summed E-state index contributed by atoms with van der Waals surface area (Å²) in [4.78, 5) is 25.3. The van der Waals surface area contributed by atoms with E-state index in [1.807, 2.05) is 30.3 Å². The van der Waals surface area contributed by atoms with Crippen molar-refractivity contribution in [1.82, 2.24) is 10.6 Å². The van der Waals surface area contributed by atoms with Crippen molar-refractivity contribution in [2.75, 3.05) is 36.8 Å². The van der Waals surface area contributed by atoms with Crippen LogP contribution < -0.4 is 30.7 Å². The van der Waals surface area contributed by atoms with E-state index in [-0.39, 0.29) is 24.0 Å². The summed E-state index contributed by atoms with van der Waals surface area (Å²) in [5.74, 6) is -1.37. The van der Waals surface area contributed by atoms with E-state index in [1.165, 1.54) is 13.0 Å². The Morgan fingerprint density at radius 2 is 1.36 bits per heavy atom. The van der Waals surface area contributed by atoms with E-state index >= 15 is 0 Å². The van der Waals surface area contributed by atoms with Gasteiger partial charge in [-0.3, -0.25) is 9.59 Å². The second-order valence-electron chi connectivity index (χ2n) is 11.2. The highest BCUT2D eigenvalue weighted by molar-refractivity contribution is 6.05. The highest BCUT2D eigenvalue weighted by Gasteiger charge is 2.22. The second kappa shape index (κ2) is 13.5. The molecular weight excluding hydrogens is 578 g/mol. The van der Waals surface area contributed by atoms with Crippen LogP contribution in [0.3, 0.4) is 0 Å². The predicted molar refractivity (Wildman–Crippen MR) is 170 cm³/mol. The van der Waals surface area contributed by atoms with Crippen molar-refractivity contribution in [3.05, 3.63) is 96.1 Å². The van der Waals surface area contributed by atoms with Gasteiger partial charge < -0.3 is 30.7 Å². The fourth-order valence-electron chi connectivity index (χ4n) is 5.59. The topological polar surface area (TPSA) is 101 Å². The van der Waals surface area contributed by atoms with Gasteiger partial charge in [-0.25, -0.2) is 8.78 Å². The smallest absolute Gasteiger partial charge is 0.255 e. The number of carbonyl (C=O) groups is 2. The van der Waals surface area contributed by atoms with E-state index in [0.717, 1.165) is 55.7 Å². The molecule has 4 aromatic rings. The summed E-state index contributed by atoms with van der Waals surface area (Å²) in [7, 11) is 0. The van der Waals surface area contributed by atoms with Gasteiger partial charge in [0.2, 0.25) is 5.91 Å². The van der Waals surface area contributed by atoms with Gasteiger partial charge in [0.15, 0.2) is 11.6 Å². The third kappa shape index (κ3) is 7.30. The van der Waals surface area contributed by atoms with E-state index in [9.17, 15) is 18.4 Å². The Morgan fingerprint density at radius 3 is 2.00 bits per heavy atom. The number of ether oxygens (including phenoxy) is 2. The molecule has 2 heterocycles. The van der Waals surface area contributed by atoms with Crippen molar-refractivity contribution >= 4 is 23.2 Å². The molecule has 0 aliphatic carbocycles. The van der Waals surface area contributed by atoms with Crippen molar-refractivity contribution in [2.24, 2.45) is 0 Å². The highest BCUT2D eigenvalue weighted by atomic mass is 19.2. The molecule has 10 heteroatoms. The molecule has 0 aromatic heterocycles. The number of benzene rings is 4. The van der Waals surface area contributed by atoms with Gasteiger partial charge in [-0.1, -0.05) is 18.2 Å². The van der Waals surface area contributed by atoms with Crippen LogP contribution in [0, 0.1) is 11.6 Å². The van der Waals surface area contributed by atoms with Crippen LogP contribution in [0.4, 0.5) is 20.2 Å². The van der Waals surface area contributed by atoms with Crippen molar-refractivity contribution in [1.29, 1.82) is 0 Å². The van der Waals surface area contributed by atoms with Gasteiger partial charge in [0.05, 0.1) is 0 Å². The Hall–Kier alpha value is -4.80. The molecule has 0 radical (unpaired) electrons. The molecule has 8 nitrogen and oxygen atoms in total. The Morgan fingerprint density at radius 1 is 0.711 bits per heavy atom. The van der Waals surface area contributed by atoms with E-state index < -0.39 is 11.6 Å². The summed E-state index contributed by atoms with van der Waals surface area (Å²) >= 11 is 0. The van der Waals surface area contributed by atoms with Gasteiger partial charge in [-0.15, -0.1) is 0 Å². The van der Waals surface area contributed by atoms with Gasteiger partial charge in [-0.05, 0) is 97.7 Å². The zero-order chi connectivity index (χ0) is 31.3. The maximum atomic E-state index is 14.2. The average molecular weight is 613 g/mol. The number of rotatable bonds is 9. The summed E-state index contributed by atoms with van der Waals surface area (Å²) in [6.07, 6.45) is 1.63. The molecule has 232 valence electrons. The van der Waals surface area contributed by atoms with Crippen LogP contribution in [0.2, 0.25) is 0 Å². The second-order valence-corrected chi connectivity index (χ2v) is 11.2. The number of nitrogens with one attached hydrogen (secondary N) is 4. The Kier molecular flexibility index (Phi) is 9.04. The monoisotopic (exact) mass is 612 g/mol. The van der Waals surface area contributed by atoms with Crippen LogP contribution in [0.15, 0.2) is 78.9 Å². The molecule has 2 fully saturated rings. The lowest BCUT2D eigenvalue weighted by atomic mass is 10.0. The Labute approximate surface area is 260 Å². The quantitative estimate of drug-likeness (QED) is 0.185. The fraction of sp³-hybridized carbons (Fsp3) is 0.257. The number of amides is 2. The molecular formula is C35H34F2N4O4. The lowest BCUT2D eigenvalue weighted by Gasteiger charge is -2.19. The van der Waals surface area contributed by atoms with Crippen LogP contribution >= 0.6 is 0 Å². The molecule has 0 unspecified atom stereocenters. The largest absolute Gasteiger partial charge is 0.488 e. The molecule has 0 saturated carbocycles. The summed E-state index contributed by atoms with van der Waals surface area (Å²) < 4.78 is 40.5. The van der Waals surface area contributed by atoms with E-state index in [0.29, 0.717) is 46.1 Å². The Bertz CT molecular complexity index is 1720. The molecule has 2 aliphatic heterocycles. The number of hydrogen-bond donors (Lipinski definition) is 4. The zero-order valence-corrected chi connectivity index (χ0v) is 24.8. The van der Waals surface area contributed by atoms with Crippen LogP contribution in [0.25, 0.3) is 22.3 Å². The van der Waals surface area contributed by atoms with Crippen molar-refractivity contribution < 1.29 is 27.8 Å². The summed E-state index contributed by atoms with van der Waals surface area (Å²) in [6, 6.07) is 21.5. The number of anilines is 2. The zero-order valence-electron chi connectivity index (χ0n) is 24.8. The first-order valence-corrected chi connectivity index (χ1v) is 15.0. The van der Waals surface area contributed by atoms with Crippen molar-refractivity contribution in [2.45, 2.75) is 32.0 Å². The minimum absolute atomic E-state index is 0.0122. The van der Waals surface area contributed by atoms with Crippen molar-refractivity contribution in [3.8, 4) is 33.8 Å². The van der Waals surface area contributed by atoms with Crippen LogP contribution in [0.5, 0.6) is 11.5 Å². The van der Waals surface area contributed by atoms with E-state index in [1.54, 1.807) is 30.3 Å². The minimum atomic E-state index is -0.985. The number of hydrogen-bond acceptors (Lipinski definition) is 6. The summed E-state index contributed by atoms with van der Waals surface area (Å²) in [5.41, 5.74) is 3.93. The molecule has 45 heavy (non-hydrogen) atoms. The minimum Gasteiger partial charge on any atom is -0.488 e. The van der Waals surface area contributed by atoms with Crippen LogP contribution in [0.1, 0.15) is 30.1 Å². The normalized spacial score (nSPS) is 17.6. The molecule has 0 spiro atoms. The average Bonchev–Trinajstić information content (AvgIpc) is 3.74. The predicted octanol–water partition coefficient (Wildman–Crippen LogP) is 5.99. The van der Waals surface area contributed by atoms with Gasteiger partial charge in [0, 0.05) is 48.1 Å². The summed E-state index contributed by atoms with van der Waals surface area (Å²) in [6.45, 7) is 4.56. The van der Waals surface area contributed by atoms with E-state index in [2.05, 4.69) is 21.3 Å². The maximum Gasteiger partial charge on any atom is 0.255 e. The first-order chi connectivity index (χ1) is 21.8. The molecule has 2 atom stereocenters. The number of carbonyl (C=O) groups excluding carboxylic acids is 2. The molecule has 2 saturated heterocycles. The highest BCUT2D eigenvalue weighted by Crippen LogP contribution is 2.36. The molecule has 4 N–H and O–H groups in total. The molecule has 2 amide bonds. The van der Waals surface area contributed by atoms with Gasteiger partial charge >= 0.3 is 0 Å². The first kappa shape index (κ1) is 30.2. The molecule has 6 rings (SSSR count). The standard InChI is InChI=1S/C35H34F2N4O4/c1-21(42)40-25-4-2-3-22(15-25)30-18-26(7-10-34(30)45-28-12-14-39-20-28)41-35(43)24-6-9-33(44-27-11-13-38-19-27)29(16-24)23-5-8-31(36)32(37)17-23/h2-10,15-18,27-28,38-39H,11-14,19-20H2,1H3,(H,40,42)(H,41,43)/t27-,28-/m0/s1.